The molecule has 8 heteroatoms. The summed E-state index contributed by atoms with van der Waals surface area (Å²) in [6, 6.07) is 11.7. The molecular weight excluding hydrogens is 429 g/mol. The second-order valence-electron chi connectivity index (χ2n) is 7.05. The number of benzene rings is 2. The predicted octanol–water partition coefficient (Wildman–Crippen LogP) is 4.99. The first kappa shape index (κ1) is 21.6. The quantitative estimate of drug-likeness (QED) is 0.647. The number of rotatable bonds is 3. The zero-order valence-electron chi connectivity index (χ0n) is 15.9. The Morgan fingerprint density at radius 1 is 1.07 bits per heavy atom. The highest BCUT2D eigenvalue weighted by molar-refractivity contribution is 7.80. The van der Waals surface area contributed by atoms with E-state index in [4.69, 9.17) is 35.4 Å². The minimum Gasteiger partial charge on any atom is -0.339 e. The van der Waals surface area contributed by atoms with E-state index in [0.717, 1.165) is 25.9 Å². The highest BCUT2D eigenvalue weighted by Crippen LogP contribution is 2.23. The Labute approximate surface area is 185 Å². The number of likely N-dealkylation sites (tertiary alicyclic amines) is 1. The Morgan fingerprint density at radius 3 is 2.45 bits per heavy atom. The molecule has 29 heavy (non-hydrogen) atoms. The first-order chi connectivity index (χ1) is 13.8. The van der Waals surface area contributed by atoms with Crippen molar-refractivity contribution in [2.75, 3.05) is 18.4 Å². The van der Waals surface area contributed by atoms with Gasteiger partial charge >= 0.3 is 0 Å². The zero-order valence-corrected chi connectivity index (χ0v) is 18.2. The Morgan fingerprint density at radius 2 is 1.76 bits per heavy atom. The normalized spacial score (nSPS) is 14.4. The van der Waals surface area contributed by atoms with E-state index in [9.17, 15) is 9.59 Å². The lowest BCUT2D eigenvalue weighted by Gasteiger charge is -2.31. The number of halogens is 2. The lowest BCUT2D eigenvalue weighted by atomic mass is 9.98. The van der Waals surface area contributed by atoms with Crippen LogP contribution in [0.3, 0.4) is 0 Å². The van der Waals surface area contributed by atoms with Gasteiger partial charge < -0.3 is 10.2 Å². The average molecular weight is 450 g/mol. The smallest absolute Gasteiger partial charge is 0.258 e. The fraction of sp³-hybridized carbons (Fsp3) is 0.286. The van der Waals surface area contributed by atoms with Gasteiger partial charge in [-0.2, -0.15) is 0 Å². The molecule has 5 nitrogen and oxygen atoms in total. The van der Waals surface area contributed by atoms with Crippen LogP contribution in [0, 0.1) is 5.92 Å². The molecule has 0 radical (unpaired) electrons. The molecule has 0 saturated carbocycles. The van der Waals surface area contributed by atoms with Crippen LogP contribution in [0.2, 0.25) is 10.0 Å². The molecule has 3 rings (SSSR count). The molecule has 2 N–H and O–H groups in total. The number of amides is 2. The molecular formula is C21H21Cl2N3O2S. The summed E-state index contributed by atoms with van der Waals surface area (Å²) in [4.78, 5) is 27.2. The van der Waals surface area contributed by atoms with E-state index in [-0.39, 0.29) is 21.6 Å². The Balaban J connectivity index is 1.69. The molecule has 2 amide bonds. The van der Waals surface area contributed by atoms with Crippen molar-refractivity contribution in [1.29, 1.82) is 0 Å². The van der Waals surface area contributed by atoms with E-state index in [1.165, 1.54) is 12.1 Å². The van der Waals surface area contributed by atoms with Gasteiger partial charge in [-0.05, 0) is 61.3 Å². The molecule has 1 aliphatic rings. The van der Waals surface area contributed by atoms with Crippen molar-refractivity contribution in [2.45, 2.75) is 19.8 Å². The van der Waals surface area contributed by atoms with Crippen LogP contribution in [0.5, 0.6) is 0 Å². The van der Waals surface area contributed by atoms with Crippen LogP contribution in [-0.4, -0.2) is 34.9 Å². The van der Waals surface area contributed by atoms with Gasteiger partial charge in [0.25, 0.3) is 11.8 Å². The van der Waals surface area contributed by atoms with Gasteiger partial charge in [0.05, 0.1) is 21.8 Å². The summed E-state index contributed by atoms with van der Waals surface area (Å²) in [6.07, 6.45) is 2.00. The Kier molecular flexibility index (Phi) is 7.11. The van der Waals surface area contributed by atoms with Crippen LogP contribution in [0.15, 0.2) is 42.5 Å². The van der Waals surface area contributed by atoms with Crippen molar-refractivity contribution in [3.05, 3.63) is 63.6 Å². The van der Waals surface area contributed by atoms with E-state index in [1.54, 1.807) is 30.3 Å². The third-order valence-electron chi connectivity index (χ3n) is 4.88. The van der Waals surface area contributed by atoms with Gasteiger partial charge in [-0.3, -0.25) is 14.9 Å². The fourth-order valence-corrected chi connectivity index (χ4v) is 3.86. The topological polar surface area (TPSA) is 61.4 Å². The van der Waals surface area contributed by atoms with E-state index in [0.29, 0.717) is 22.2 Å². The van der Waals surface area contributed by atoms with Crippen LogP contribution in [0.25, 0.3) is 0 Å². The van der Waals surface area contributed by atoms with E-state index < -0.39 is 5.91 Å². The lowest BCUT2D eigenvalue weighted by Crippen LogP contribution is -2.39. The number of carbonyl (C=O) groups excluding carboxylic acids is 2. The molecule has 1 saturated heterocycles. The van der Waals surface area contributed by atoms with Gasteiger partial charge in [0.2, 0.25) is 0 Å². The standard InChI is InChI=1S/C21H21Cl2N3O2S/c1-13-8-10-26(11-9-13)20(28)16-4-2-3-5-18(16)24-21(29)25-19(27)15-7-6-14(22)12-17(15)23/h2-7,12-13H,8-11H2,1H3,(H2,24,25,27,29). The lowest BCUT2D eigenvalue weighted by molar-refractivity contribution is 0.0698. The monoisotopic (exact) mass is 449 g/mol. The van der Waals surface area contributed by atoms with Gasteiger partial charge in [0.15, 0.2) is 5.11 Å². The minimum absolute atomic E-state index is 0.0464. The largest absolute Gasteiger partial charge is 0.339 e. The number of hydrogen-bond donors (Lipinski definition) is 2. The highest BCUT2D eigenvalue weighted by atomic mass is 35.5. The van der Waals surface area contributed by atoms with Crippen LogP contribution in [0.4, 0.5) is 5.69 Å². The zero-order chi connectivity index (χ0) is 21.0. The maximum absolute atomic E-state index is 13.0. The molecule has 2 aromatic rings. The summed E-state index contributed by atoms with van der Waals surface area (Å²) < 4.78 is 0. The van der Waals surface area contributed by atoms with Crippen molar-refractivity contribution < 1.29 is 9.59 Å². The molecule has 2 aromatic carbocycles. The van der Waals surface area contributed by atoms with Crippen molar-refractivity contribution in [2.24, 2.45) is 5.92 Å². The van der Waals surface area contributed by atoms with Crippen LogP contribution >= 0.6 is 35.4 Å². The van der Waals surface area contributed by atoms with E-state index in [2.05, 4.69) is 17.6 Å². The first-order valence-corrected chi connectivity index (χ1v) is 10.5. The molecule has 1 heterocycles. The summed E-state index contributed by atoms with van der Waals surface area (Å²) in [5, 5.41) is 6.28. The molecule has 152 valence electrons. The molecule has 0 unspecified atom stereocenters. The molecule has 0 bridgehead atoms. The number of carbonyl (C=O) groups is 2. The number of piperidine rings is 1. The van der Waals surface area contributed by atoms with Crippen molar-refractivity contribution >= 4 is 58.0 Å². The second-order valence-corrected chi connectivity index (χ2v) is 8.30. The molecule has 0 atom stereocenters. The van der Waals surface area contributed by atoms with Crippen molar-refractivity contribution in [1.82, 2.24) is 10.2 Å². The van der Waals surface area contributed by atoms with E-state index in [1.807, 2.05) is 4.90 Å². The molecule has 1 fully saturated rings. The van der Waals surface area contributed by atoms with Crippen molar-refractivity contribution in [3.63, 3.8) is 0 Å². The maximum Gasteiger partial charge on any atom is 0.258 e. The summed E-state index contributed by atoms with van der Waals surface area (Å²) in [6.45, 7) is 3.68. The first-order valence-electron chi connectivity index (χ1n) is 9.31. The van der Waals surface area contributed by atoms with E-state index >= 15 is 0 Å². The minimum atomic E-state index is -0.460. The number of anilines is 1. The summed E-state index contributed by atoms with van der Waals surface area (Å²) in [5.74, 6) is 0.128. The van der Waals surface area contributed by atoms with Crippen LogP contribution in [-0.2, 0) is 0 Å². The third-order valence-corrected chi connectivity index (χ3v) is 5.63. The SMILES string of the molecule is CC1CCN(C(=O)c2ccccc2NC(=S)NC(=O)c2ccc(Cl)cc2Cl)CC1. The predicted molar refractivity (Wildman–Crippen MR) is 121 cm³/mol. The number of thiocarbonyl (C=S) groups is 1. The second kappa shape index (κ2) is 9.57. The fourth-order valence-electron chi connectivity index (χ4n) is 3.16. The number of nitrogens with zero attached hydrogens (tertiary/aromatic N) is 1. The molecule has 1 aliphatic heterocycles. The summed E-state index contributed by atoms with van der Waals surface area (Å²) in [7, 11) is 0. The molecule has 0 spiro atoms. The van der Waals surface area contributed by atoms with Crippen LogP contribution in [0.1, 0.15) is 40.5 Å². The van der Waals surface area contributed by atoms with Gasteiger partial charge in [-0.1, -0.05) is 42.3 Å². The van der Waals surface area contributed by atoms with Gasteiger partial charge in [-0.25, -0.2) is 0 Å². The van der Waals surface area contributed by atoms with Gasteiger partial charge in [-0.15, -0.1) is 0 Å². The average Bonchev–Trinajstić information content (AvgIpc) is 2.68. The number of para-hydroxylation sites is 1. The van der Waals surface area contributed by atoms with Crippen molar-refractivity contribution in [3.8, 4) is 0 Å². The molecule has 0 aliphatic carbocycles. The van der Waals surface area contributed by atoms with Gasteiger partial charge in [0, 0.05) is 18.1 Å². The highest BCUT2D eigenvalue weighted by Gasteiger charge is 2.23. The summed E-state index contributed by atoms with van der Waals surface area (Å²) >= 11 is 17.2. The number of hydrogen-bond acceptors (Lipinski definition) is 3. The Bertz CT molecular complexity index is 943. The van der Waals surface area contributed by atoms with Crippen LogP contribution < -0.4 is 10.6 Å². The number of nitrogens with one attached hydrogen (secondary N) is 2. The maximum atomic E-state index is 13.0. The third kappa shape index (κ3) is 5.47. The summed E-state index contributed by atoms with van der Waals surface area (Å²) in [5.41, 5.74) is 1.32. The molecule has 0 aromatic heterocycles. The Hall–Kier alpha value is -2.15. The van der Waals surface area contributed by atoms with Gasteiger partial charge in [0.1, 0.15) is 0 Å².